The van der Waals surface area contributed by atoms with E-state index in [1.807, 2.05) is 30.3 Å². The highest BCUT2D eigenvalue weighted by Crippen LogP contribution is 2.17. The van der Waals surface area contributed by atoms with Crippen molar-refractivity contribution in [3.8, 4) is 5.75 Å². The van der Waals surface area contributed by atoms with Crippen molar-refractivity contribution in [3.63, 3.8) is 0 Å². The van der Waals surface area contributed by atoms with E-state index in [1.165, 1.54) is 19.2 Å². The quantitative estimate of drug-likeness (QED) is 0.853. The molecule has 2 aromatic rings. The number of methoxy groups -OCH3 is 1. The van der Waals surface area contributed by atoms with Crippen molar-refractivity contribution in [2.24, 2.45) is 0 Å². The smallest absolute Gasteiger partial charge is 0.274 e. The van der Waals surface area contributed by atoms with Gasteiger partial charge in [0.15, 0.2) is 11.6 Å². The summed E-state index contributed by atoms with van der Waals surface area (Å²) in [5.74, 6) is -1.02. The van der Waals surface area contributed by atoms with E-state index in [9.17, 15) is 9.18 Å². The first-order chi connectivity index (χ1) is 9.70. The molecule has 0 heterocycles. The second-order valence-electron chi connectivity index (χ2n) is 4.05. The molecule has 1 amide bonds. The lowest BCUT2D eigenvalue weighted by Crippen LogP contribution is -2.23. The van der Waals surface area contributed by atoms with Crippen molar-refractivity contribution >= 4 is 5.91 Å². The topological polar surface area (TPSA) is 47.6 Å². The Balaban J connectivity index is 1.90. The van der Waals surface area contributed by atoms with E-state index in [-0.39, 0.29) is 17.9 Å². The maximum atomic E-state index is 13.5. The monoisotopic (exact) mass is 275 g/mol. The van der Waals surface area contributed by atoms with Crippen LogP contribution < -0.4 is 10.2 Å². The summed E-state index contributed by atoms with van der Waals surface area (Å²) in [7, 11) is 1.36. The Bertz CT molecular complexity index is 587. The number of carbonyl (C=O) groups excluding carboxylic acids is 1. The molecule has 0 atom stereocenters. The first-order valence-corrected chi connectivity index (χ1v) is 6.00. The third kappa shape index (κ3) is 3.55. The normalized spacial score (nSPS) is 10.1. The van der Waals surface area contributed by atoms with Gasteiger partial charge in [0.2, 0.25) is 0 Å². The van der Waals surface area contributed by atoms with Crippen LogP contribution in [0.15, 0.2) is 48.5 Å². The standard InChI is InChI=1S/C15H14FNO3/c1-19-14-8-7-12(9-13(14)16)15(18)17-20-10-11-5-3-2-4-6-11/h2-9H,10H2,1H3,(H,17,18). The Morgan fingerprint density at radius 1 is 1.20 bits per heavy atom. The van der Waals surface area contributed by atoms with E-state index in [2.05, 4.69) is 5.48 Å². The number of halogens is 1. The summed E-state index contributed by atoms with van der Waals surface area (Å²) >= 11 is 0. The maximum absolute atomic E-state index is 13.5. The van der Waals surface area contributed by atoms with Crippen LogP contribution in [0.3, 0.4) is 0 Å². The van der Waals surface area contributed by atoms with E-state index < -0.39 is 11.7 Å². The molecular formula is C15H14FNO3. The molecule has 5 heteroatoms. The first kappa shape index (κ1) is 14.0. The number of ether oxygens (including phenoxy) is 1. The summed E-state index contributed by atoms with van der Waals surface area (Å²) in [4.78, 5) is 16.8. The summed E-state index contributed by atoms with van der Waals surface area (Å²) in [6.45, 7) is 0.241. The second-order valence-corrected chi connectivity index (χ2v) is 4.05. The van der Waals surface area contributed by atoms with Crippen molar-refractivity contribution in [1.82, 2.24) is 5.48 Å². The molecule has 2 rings (SSSR count). The zero-order chi connectivity index (χ0) is 14.4. The van der Waals surface area contributed by atoms with Gasteiger partial charge in [0.25, 0.3) is 5.91 Å². The SMILES string of the molecule is COc1ccc(C(=O)NOCc2ccccc2)cc1F. The molecule has 20 heavy (non-hydrogen) atoms. The minimum atomic E-state index is -0.594. The number of hydrogen-bond donors (Lipinski definition) is 1. The van der Waals surface area contributed by atoms with Crippen LogP contribution in [0.25, 0.3) is 0 Å². The van der Waals surface area contributed by atoms with Gasteiger partial charge in [0.1, 0.15) is 0 Å². The van der Waals surface area contributed by atoms with Crippen LogP contribution in [-0.4, -0.2) is 13.0 Å². The molecule has 0 radical (unpaired) electrons. The number of benzene rings is 2. The summed E-state index contributed by atoms with van der Waals surface area (Å²) < 4.78 is 18.2. The van der Waals surface area contributed by atoms with Gasteiger partial charge in [-0.1, -0.05) is 30.3 Å². The maximum Gasteiger partial charge on any atom is 0.274 e. The fourth-order valence-corrected chi connectivity index (χ4v) is 1.63. The van der Waals surface area contributed by atoms with Gasteiger partial charge in [-0.15, -0.1) is 0 Å². The Kier molecular flexibility index (Phi) is 4.68. The van der Waals surface area contributed by atoms with Crippen LogP contribution in [0.1, 0.15) is 15.9 Å². The van der Waals surface area contributed by atoms with E-state index in [0.29, 0.717) is 0 Å². The average Bonchev–Trinajstić information content (AvgIpc) is 2.48. The molecule has 1 N–H and O–H groups in total. The van der Waals surface area contributed by atoms with Crippen LogP contribution in [-0.2, 0) is 11.4 Å². The van der Waals surface area contributed by atoms with Crippen LogP contribution in [0.2, 0.25) is 0 Å². The van der Waals surface area contributed by atoms with Crippen LogP contribution in [0.5, 0.6) is 5.75 Å². The van der Waals surface area contributed by atoms with Crippen LogP contribution in [0, 0.1) is 5.82 Å². The molecule has 104 valence electrons. The van der Waals surface area contributed by atoms with Crippen molar-refractivity contribution in [1.29, 1.82) is 0 Å². The van der Waals surface area contributed by atoms with Crippen molar-refractivity contribution in [2.45, 2.75) is 6.61 Å². The number of amides is 1. The molecule has 0 unspecified atom stereocenters. The highest BCUT2D eigenvalue weighted by molar-refractivity contribution is 5.93. The summed E-state index contributed by atoms with van der Waals surface area (Å²) in [6, 6.07) is 13.3. The largest absolute Gasteiger partial charge is 0.494 e. The van der Waals surface area contributed by atoms with Crippen LogP contribution in [0.4, 0.5) is 4.39 Å². The van der Waals surface area contributed by atoms with E-state index >= 15 is 0 Å². The van der Waals surface area contributed by atoms with Gasteiger partial charge < -0.3 is 4.74 Å². The number of nitrogens with one attached hydrogen (secondary N) is 1. The number of hydrogen-bond acceptors (Lipinski definition) is 3. The molecule has 0 spiro atoms. The van der Waals surface area contributed by atoms with Gasteiger partial charge in [0, 0.05) is 5.56 Å². The van der Waals surface area contributed by atoms with Gasteiger partial charge in [-0.25, -0.2) is 9.87 Å². The molecule has 0 aromatic heterocycles. The number of carbonyl (C=O) groups is 1. The molecule has 2 aromatic carbocycles. The number of rotatable bonds is 5. The van der Waals surface area contributed by atoms with Gasteiger partial charge in [0.05, 0.1) is 13.7 Å². The lowest BCUT2D eigenvalue weighted by atomic mass is 10.2. The molecule has 0 bridgehead atoms. The fraction of sp³-hybridized carbons (Fsp3) is 0.133. The second kappa shape index (κ2) is 6.68. The molecule has 0 aliphatic rings. The Labute approximate surface area is 116 Å². The third-order valence-corrected chi connectivity index (χ3v) is 2.66. The summed E-state index contributed by atoms with van der Waals surface area (Å²) in [5, 5.41) is 0. The highest BCUT2D eigenvalue weighted by Gasteiger charge is 2.10. The third-order valence-electron chi connectivity index (χ3n) is 2.66. The van der Waals surface area contributed by atoms with Crippen LogP contribution >= 0.6 is 0 Å². The van der Waals surface area contributed by atoms with E-state index in [0.717, 1.165) is 11.6 Å². The van der Waals surface area contributed by atoms with Gasteiger partial charge in [-0.05, 0) is 23.8 Å². The van der Waals surface area contributed by atoms with Crippen molar-refractivity contribution < 1.29 is 18.8 Å². The molecule has 4 nitrogen and oxygen atoms in total. The lowest BCUT2D eigenvalue weighted by molar-refractivity contribution is 0.0233. The average molecular weight is 275 g/mol. The summed E-state index contributed by atoms with van der Waals surface area (Å²) in [5.41, 5.74) is 3.35. The minimum Gasteiger partial charge on any atom is -0.494 e. The summed E-state index contributed by atoms with van der Waals surface area (Å²) in [6.07, 6.45) is 0. The Hall–Kier alpha value is -2.40. The zero-order valence-electron chi connectivity index (χ0n) is 10.9. The fourth-order valence-electron chi connectivity index (χ4n) is 1.63. The predicted octanol–water partition coefficient (Wildman–Crippen LogP) is 2.70. The molecule has 0 fully saturated rings. The van der Waals surface area contributed by atoms with E-state index in [4.69, 9.17) is 9.57 Å². The Morgan fingerprint density at radius 3 is 2.60 bits per heavy atom. The van der Waals surface area contributed by atoms with Gasteiger partial charge in [-0.3, -0.25) is 9.63 Å². The minimum absolute atomic E-state index is 0.0896. The van der Waals surface area contributed by atoms with E-state index in [1.54, 1.807) is 0 Å². The highest BCUT2D eigenvalue weighted by atomic mass is 19.1. The van der Waals surface area contributed by atoms with Gasteiger partial charge >= 0.3 is 0 Å². The molecular weight excluding hydrogens is 261 g/mol. The lowest BCUT2D eigenvalue weighted by Gasteiger charge is -2.07. The predicted molar refractivity (Wildman–Crippen MR) is 71.6 cm³/mol. The molecule has 0 saturated carbocycles. The zero-order valence-corrected chi connectivity index (χ0v) is 10.9. The molecule has 0 saturated heterocycles. The molecule has 0 aliphatic carbocycles. The van der Waals surface area contributed by atoms with Crippen molar-refractivity contribution in [2.75, 3.05) is 7.11 Å². The van der Waals surface area contributed by atoms with Gasteiger partial charge in [-0.2, -0.15) is 0 Å². The Morgan fingerprint density at radius 2 is 1.95 bits per heavy atom. The van der Waals surface area contributed by atoms with Crippen molar-refractivity contribution in [3.05, 3.63) is 65.5 Å². The first-order valence-electron chi connectivity index (χ1n) is 6.00. The molecule has 0 aliphatic heterocycles. The number of hydroxylamine groups is 1.